The number of nitrogens with zero attached hydrogens (tertiary/aromatic N) is 1. The predicted molar refractivity (Wildman–Crippen MR) is 96.9 cm³/mol. The number of aromatic hydroxyl groups is 1. The average Bonchev–Trinajstić information content (AvgIpc) is 2.50. The van der Waals surface area contributed by atoms with Gasteiger partial charge in [0.05, 0.1) is 6.21 Å². The van der Waals surface area contributed by atoms with Crippen molar-refractivity contribution in [2.24, 2.45) is 5.10 Å². The van der Waals surface area contributed by atoms with E-state index < -0.39 is 0 Å². The van der Waals surface area contributed by atoms with E-state index in [9.17, 15) is 5.11 Å². The molecule has 0 aliphatic carbocycles. The second kappa shape index (κ2) is 8.17. The van der Waals surface area contributed by atoms with E-state index in [1.54, 1.807) is 18.2 Å². The summed E-state index contributed by atoms with van der Waals surface area (Å²) in [7, 11) is 0. The Morgan fingerprint density at radius 2 is 2.05 bits per heavy atom. The zero-order valence-electron chi connectivity index (χ0n) is 11.0. The van der Waals surface area contributed by atoms with Crippen molar-refractivity contribution in [2.45, 2.75) is 5.75 Å². The van der Waals surface area contributed by atoms with Crippen LogP contribution in [0.25, 0.3) is 0 Å². The summed E-state index contributed by atoms with van der Waals surface area (Å²) in [4.78, 5) is 0. The van der Waals surface area contributed by atoms with Crippen molar-refractivity contribution in [3.05, 3.63) is 64.1 Å². The summed E-state index contributed by atoms with van der Waals surface area (Å²) in [5.74, 6) is 0.969. The molecule has 2 aromatic rings. The number of thiocarbonyl (C=S) groups is 1. The van der Waals surface area contributed by atoms with E-state index in [-0.39, 0.29) is 5.75 Å². The number of nitrogens with one attached hydrogen (secondary N) is 1. The van der Waals surface area contributed by atoms with E-state index in [2.05, 4.69) is 38.6 Å². The van der Waals surface area contributed by atoms with Crippen LogP contribution in [-0.4, -0.2) is 15.6 Å². The zero-order valence-corrected chi connectivity index (χ0v) is 14.2. The van der Waals surface area contributed by atoms with Gasteiger partial charge in [0.1, 0.15) is 5.75 Å². The maximum Gasteiger partial charge on any atom is 0.154 e. The van der Waals surface area contributed by atoms with Crippen LogP contribution in [0.4, 0.5) is 0 Å². The number of phenols is 1. The molecule has 0 radical (unpaired) electrons. The van der Waals surface area contributed by atoms with Gasteiger partial charge in [-0.15, -0.1) is 0 Å². The highest BCUT2D eigenvalue weighted by molar-refractivity contribution is 9.10. The van der Waals surface area contributed by atoms with Gasteiger partial charge in [-0.2, -0.15) is 5.10 Å². The van der Waals surface area contributed by atoms with Crippen LogP contribution in [-0.2, 0) is 5.75 Å². The lowest BCUT2D eigenvalue weighted by Crippen LogP contribution is -2.11. The molecule has 0 unspecified atom stereocenters. The summed E-state index contributed by atoms with van der Waals surface area (Å²) in [6.07, 6.45) is 1.54. The van der Waals surface area contributed by atoms with E-state index >= 15 is 0 Å². The van der Waals surface area contributed by atoms with Gasteiger partial charge in [0.15, 0.2) is 4.32 Å². The Bertz CT molecular complexity index is 647. The van der Waals surface area contributed by atoms with E-state index in [1.807, 2.05) is 18.2 Å². The summed E-state index contributed by atoms with van der Waals surface area (Å²) in [5.41, 5.74) is 4.61. The molecule has 3 nitrogen and oxygen atoms in total. The number of thioether (sulfide) groups is 1. The van der Waals surface area contributed by atoms with Crippen molar-refractivity contribution < 1.29 is 5.11 Å². The molecule has 0 saturated heterocycles. The van der Waals surface area contributed by atoms with Gasteiger partial charge in [-0.1, -0.05) is 70.2 Å². The van der Waals surface area contributed by atoms with E-state index in [1.165, 1.54) is 23.5 Å². The van der Waals surface area contributed by atoms with Crippen molar-refractivity contribution in [1.29, 1.82) is 0 Å². The van der Waals surface area contributed by atoms with Crippen LogP contribution in [0.1, 0.15) is 11.1 Å². The fourth-order valence-corrected chi connectivity index (χ4v) is 2.75. The summed E-state index contributed by atoms with van der Waals surface area (Å²) < 4.78 is 1.47. The van der Waals surface area contributed by atoms with Crippen molar-refractivity contribution in [3.8, 4) is 5.75 Å². The first-order valence-electron chi connectivity index (χ1n) is 6.13. The lowest BCUT2D eigenvalue weighted by Gasteiger charge is -2.03. The van der Waals surface area contributed by atoms with Gasteiger partial charge < -0.3 is 5.11 Å². The maximum absolute atomic E-state index is 9.67. The first-order chi connectivity index (χ1) is 10.1. The highest BCUT2D eigenvalue weighted by Crippen LogP contribution is 2.20. The molecule has 2 N–H and O–H groups in total. The summed E-state index contributed by atoms with van der Waals surface area (Å²) >= 11 is 10.0. The fraction of sp³-hybridized carbons (Fsp3) is 0.0667. The number of phenolic OH excluding ortho intramolecular Hbond substituents is 1. The Balaban J connectivity index is 1.83. The minimum atomic E-state index is 0.173. The van der Waals surface area contributed by atoms with E-state index in [4.69, 9.17) is 12.2 Å². The number of hydrazone groups is 1. The van der Waals surface area contributed by atoms with Crippen LogP contribution in [0.2, 0.25) is 0 Å². The van der Waals surface area contributed by atoms with Crippen molar-refractivity contribution in [2.75, 3.05) is 0 Å². The first-order valence-corrected chi connectivity index (χ1v) is 8.32. The molecule has 108 valence electrons. The number of benzene rings is 2. The van der Waals surface area contributed by atoms with Gasteiger partial charge in [0, 0.05) is 15.8 Å². The quantitative estimate of drug-likeness (QED) is 0.471. The van der Waals surface area contributed by atoms with Crippen molar-refractivity contribution in [3.63, 3.8) is 0 Å². The zero-order chi connectivity index (χ0) is 15.1. The van der Waals surface area contributed by atoms with Crippen LogP contribution >= 0.6 is 39.9 Å². The Labute approximate surface area is 141 Å². The van der Waals surface area contributed by atoms with Gasteiger partial charge >= 0.3 is 0 Å². The van der Waals surface area contributed by atoms with Gasteiger partial charge in [0.2, 0.25) is 0 Å². The topological polar surface area (TPSA) is 44.6 Å². The lowest BCUT2D eigenvalue weighted by molar-refractivity contribution is 0.474. The fourth-order valence-electron chi connectivity index (χ4n) is 1.54. The third-order valence-electron chi connectivity index (χ3n) is 2.56. The average molecular weight is 381 g/mol. The number of halogens is 1. The lowest BCUT2D eigenvalue weighted by atomic mass is 10.2. The van der Waals surface area contributed by atoms with Crippen LogP contribution < -0.4 is 5.43 Å². The van der Waals surface area contributed by atoms with Crippen molar-refractivity contribution in [1.82, 2.24) is 5.43 Å². The molecular formula is C15H13BrN2OS2. The molecule has 2 aromatic carbocycles. The molecule has 0 aromatic heterocycles. The minimum absolute atomic E-state index is 0.173. The number of hydrogen-bond donors (Lipinski definition) is 2. The molecule has 0 amide bonds. The standard InChI is InChI=1S/C15H13BrN2OS2/c16-13-6-7-14(19)12(8-13)9-17-18-15(20)21-10-11-4-2-1-3-5-11/h1-9,19H,10H2,(H,18,20)/b17-9+. The molecule has 0 spiro atoms. The largest absolute Gasteiger partial charge is 0.507 e. The van der Waals surface area contributed by atoms with Gasteiger partial charge in [-0.25, -0.2) is 0 Å². The molecule has 0 aliphatic heterocycles. The normalized spacial score (nSPS) is 10.7. The summed E-state index contributed by atoms with van der Waals surface area (Å²) in [6, 6.07) is 15.2. The third-order valence-corrected chi connectivity index (χ3v) is 4.33. The minimum Gasteiger partial charge on any atom is -0.507 e. The Morgan fingerprint density at radius 1 is 1.29 bits per heavy atom. The highest BCUT2D eigenvalue weighted by atomic mass is 79.9. The molecule has 2 rings (SSSR count). The third kappa shape index (κ3) is 5.49. The van der Waals surface area contributed by atoms with Gasteiger partial charge in [-0.05, 0) is 23.8 Å². The molecule has 0 saturated carbocycles. The molecule has 6 heteroatoms. The van der Waals surface area contributed by atoms with E-state index in [0.717, 1.165) is 10.2 Å². The number of hydrogen-bond acceptors (Lipinski definition) is 4. The van der Waals surface area contributed by atoms with E-state index in [0.29, 0.717) is 9.88 Å². The number of rotatable bonds is 4. The molecule has 0 aliphatic rings. The molecule has 21 heavy (non-hydrogen) atoms. The van der Waals surface area contributed by atoms with Crippen LogP contribution in [0.3, 0.4) is 0 Å². The Hall–Kier alpha value is -1.37. The van der Waals surface area contributed by atoms with Gasteiger partial charge in [-0.3, -0.25) is 5.43 Å². The smallest absolute Gasteiger partial charge is 0.154 e. The molecule has 0 bridgehead atoms. The Kier molecular flexibility index (Phi) is 6.22. The SMILES string of the molecule is Oc1ccc(Br)cc1/C=N/NC(=S)SCc1ccccc1. The van der Waals surface area contributed by atoms with Crippen LogP contribution in [0.5, 0.6) is 5.75 Å². The molecule has 0 atom stereocenters. The van der Waals surface area contributed by atoms with Crippen LogP contribution in [0.15, 0.2) is 58.1 Å². The molecular weight excluding hydrogens is 368 g/mol. The Morgan fingerprint density at radius 3 is 2.81 bits per heavy atom. The second-order valence-corrected chi connectivity index (χ2v) is 6.70. The van der Waals surface area contributed by atoms with Gasteiger partial charge in [0.25, 0.3) is 0 Å². The first kappa shape index (κ1) is 16.0. The summed E-state index contributed by atoms with van der Waals surface area (Å²) in [6.45, 7) is 0. The van der Waals surface area contributed by atoms with Crippen LogP contribution in [0, 0.1) is 0 Å². The monoisotopic (exact) mass is 380 g/mol. The van der Waals surface area contributed by atoms with Crippen molar-refractivity contribution >= 4 is 50.4 Å². The molecule has 0 fully saturated rings. The highest BCUT2D eigenvalue weighted by Gasteiger charge is 2.00. The predicted octanol–water partition coefficient (Wildman–Crippen LogP) is 4.30. The summed E-state index contributed by atoms with van der Waals surface area (Å²) in [5, 5.41) is 13.7. The maximum atomic E-state index is 9.67. The second-order valence-electron chi connectivity index (χ2n) is 4.13. The molecule has 0 heterocycles.